The van der Waals surface area contributed by atoms with E-state index in [1.165, 1.54) is 0 Å². The number of nitriles is 1. The Balaban J connectivity index is 2.23. The third kappa shape index (κ3) is 5.87. The van der Waals surface area contributed by atoms with E-state index >= 15 is 0 Å². The van der Waals surface area contributed by atoms with Crippen molar-refractivity contribution in [1.82, 2.24) is 10.2 Å². The molecule has 1 rings (SSSR count). The minimum atomic E-state index is -0.335. The van der Waals surface area contributed by atoms with E-state index in [1.54, 1.807) is 0 Å². The molecule has 1 N–H and O–H groups in total. The van der Waals surface area contributed by atoms with Crippen LogP contribution < -0.4 is 5.32 Å². The number of hydrogen-bond donors (Lipinski definition) is 1. The zero-order chi connectivity index (χ0) is 13.6. The summed E-state index contributed by atoms with van der Waals surface area (Å²) in [6, 6.07) is 2.15. The summed E-state index contributed by atoms with van der Waals surface area (Å²) in [5.41, 5.74) is -0.259. The number of likely N-dealkylation sites (tertiary alicyclic amines) is 1. The third-order valence-electron chi connectivity index (χ3n) is 2.83. The molecule has 102 valence electrons. The van der Waals surface area contributed by atoms with Gasteiger partial charge in [0.1, 0.15) is 6.10 Å². The summed E-state index contributed by atoms with van der Waals surface area (Å²) in [6.45, 7) is 8.40. The largest absolute Gasteiger partial charge is 0.446 e. The molecule has 0 spiro atoms. The van der Waals surface area contributed by atoms with Crippen LogP contribution in [0.3, 0.4) is 0 Å². The number of amides is 1. The number of rotatable bonds is 3. The highest BCUT2D eigenvalue weighted by atomic mass is 16.6. The van der Waals surface area contributed by atoms with Gasteiger partial charge in [0.05, 0.1) is 6.07 Å². The van der Waals surface area contributed by atoms with Crippen molar-refractivity contribution in [2.24, 2.45) is 0 Å². The normalized spacial score (nSPS) is 18.1. The van der Waals surface area contributed by atoms with Crippen LogP contribution >= 0.6 is 0 Å². The van der Waals surface area contributed by atoms with Gasteiger partial charge in [-0.25, -0.2) is 4.79 Å². The van der Waals surface area contributed by atoms with Gasteiger partial charge in [0.25, 0.3) is 0 Å². The number of ether oxygens (including phenoxy) is 1. The average molecular weight is 253 g/mol. The monoisotopic (exact) mass is 253 g/mol. The Bertz CT molecular complexity index is 309. The first-order valence-electron chi connectivity index (χ1n) is 6.49. The quantitative estimate of drug-likeness (QED) is 0.834. The van der Waals surface area contributed by atoms with Crippen LogP contribution in [0.2, 0.25) is 0 Å². The van der Waals surface area contributed by atoms with Crippen LogP contribution in [0.25, 0.3) is 0 Å². The number of nitrogens with zero attached hydrogens (tertiary/aromatic N) is 2. The second-order valence-electron chi connectivity index (χ2n) is 5.73. The fourth-order valence-corrected chi connectivity index (χ4v) is 1.95. The molecule has 1 fully saturated rings. The van der Waals surface area contributed by atoms with E-state index in [1.807, 2.05) is 20.8 Å². The highest BCUT2D eigenvalue weighted by Crippen LogP contribution is 2.14. The van der Waals surface area contributed by atoms with Crippen LogP contribution in [0.15, 0.2) is 0 Å². The molecule has 5 heteroatoms. The molecule has 0 unspecified atom stereocenters. The van der Waals surface area contributed by atoms with Crippen molar-refractivity contribution >= 4 is 6.09 Å². The van der Waals surface area contributed by atoms with Gasteiger partial charge in [-0.1, -0.05) is 0 Å². The second-order valence-corrected chi connectivity index (χ2v) is 5.73. The second kappa shape index (κ2) is 6.60. The Kier molecular flexibility index (Phi) is 5.42. The first-order chi connectivity index (χ1) is 8.40. The molecule has 0 aliphatic carbocycles. The van der Waals surface area contributed by atoms with E-state index < -0.39 is 0 Å². The number of hydrogen-bond acceptors (Lipinski definition) is 4. The van der Waals surface area contributed by atoms with Crippen molar-refractivity contribution in [3.05, 3.63) is 0 Å². The lowest BCUT2D eigenvalue weighted by Crippen LogP contribution is -2.44. The zero-order valence-electron chi connectivity index (χ0n) is 11.5. The molecular formula is C13H23N3O2. The molecule has 0 bridgehead atoms. The van der Waals surface area contributed by atoms with E-state index in [0.717, 1.165) is 32.5 Å². The molecule has 1 aliphatic heterocycles. The summed E-state index contributed by atoms with van der Waals surface area (Å²) in [7, 11) is 0. The van der Waals surface area contributed by atoms with Gasteiger partial charge in [0, 0.05) is 31.6 Å². The topological polar surface area (TPSA) is 65.4 Å². The van der Waals surface area contributed by atoms with Crippen LogP contribution in [-0.4, -0.2) is 42.3 Å². The summed E-state index contributed by atoms with van der Waals surface area (Å²) in [4.78, 5) is 13.8. The first-order valence-corrected chi connectivity index (χ1v) is 6.49. The Labute approximate surface area is 109 Å². The van der Waals surface area contributed by atoms with Crippen molar-refractivity contribution in [3.63, 3.8) is 0 Å². The van der Waals surface area contributed by atoms with Gasteiger partial charge in [-0.3, -0.25) is 0 Å². The fourth-order valence-electron chi connectivity index (χ4n) is 1.95. The van der Waals surface area contributed by atoms with Gasteiger partial charge >= 0.3 is 6.09 Å². The third-order valence-corrected chi connectivity index (χ3v) is 2.83. The van der Waals surface area contributed by atoms with Crippen LogP contribution in [-0.2, 0) is 4.74 Å². The molecule has 18 heavy (non-hydrogen) atoms. The molecule has 0 saturated carbocycles. The SMILES string of the molecule is CC(C)(C)NC(=O)OC1CCN(CCC#N)CC1. The maximum absolute atomic E-state index is 11.6. The lowest BCUT2D eigenvalue weighted by atomic mass is 10.1. The zero-order valence-corrected chi connectivity index (χ0v) is 11.5. The number of piperidine rings is 1. The van der Waals surface area contributed by atoms with Crippen molar-refractivity contribution in [1.29, 1.82) is 5.26 Å². The Hall–Kier alpha value is -1.28. The van der Waals surface area contributed by atoms with Gasteiger partial charge in [-0.2, -0.15) is 5.26 Å². The minimum absolute atomic E-state index is 0.00526. The fraction of sp³-hybridized carbons (Fsp3) is 0.846. The van der Waals surface area contributed by atoms with Crippen LogP contribution in [0.1, 0.15) is 40.0 Å². The molecule has 0 atom stereocenters. The standard InChI is InChI=1S/C13H23N3O2/c1-13(2,3)15-12(17)18-11-5-9-16(10-6-11)8-4-7-14/h11H,4-6,8-10H2,1-3H3,(H,15,17). The van der Waals surface area contributed by atoms with Crippen LogP contribution in [0.4, 0.5) is 4.79 Å². The Morgan fingerprint density at radius 1 is 1.44 bits per heavy atom. The maximum Gasteiger partial charge on any atom is 0.407 e. The van der Waals surface area contributed by atoms with E-state index in [0.29, 0.717) is 6.42 Å². The predicted molar refractivity (Wildman–Crippen MR) is 69.1 cm³/mol. The lowest BCUT2D eigenvalue weighted by molar-refractivity contribution is 0.0477. The van der Waals surface area contributed by atoms with E-state index in [9.17, 15) is 4.79 Å². The number of carbonyl (C=O) groups is 1. The molecule has 1 aliphatic rings. The molecule has 0 aromatic rings. The molecule has 5 nitrogen and oxygen atoms in total. The Morgan fingerprint density at radius 3 is 2.56 bits per heavy atom. The van der Waals surface area contributed by atoms with E-state index in [4.69, 9.17) is 10.00 Å². The molecule has 1 heterocycles. The highest BCUT2D eigenvalue weighted by Gasteiger charge is 2.23. The van der Waals surface area contributed by atoms with Crippen LogP contribution in [0, 0.1) is 11.3 Å². The molecule has 1 saturated heterocycles. The summed E-state index contributed by atoms with van der Waals surface area (Å²) >= 11 is 0. The lowest BCUT2D eigenvalue weighted by Gasteiger charge is -2.31. The smallest absolute Gasteiger partial charge is 0.407 e. The van der Waals surface area contributed by atoms with Gasteiger partial charge in [-0.05, 0) is 33.6 Å². The van der Waals surface area contributed by atoms with E-state index in [2.05, 4.69) is 16.3 Å². The number of carbonyl (C=O) groups excluding carboxylic acids is 1. The van der Waals surface area contributed by atoms with Crippen LogP contribution in [0.5, 0.6) is 0 Å². The van der Waals surface area contributed by atoms with Gasteiger partial charge in [-0.15, -0.1) is 0 Å². The molecule has 1 amide bonds. The van der Waals surface area contributed by atoms with Crippen molar-refractivity contribution in [2.75, 3.05) is 19.6 Å². The number of alkyl carbamates (subject to hydrolysis) is 1. The predicted octanol–water partition coefficient (Wildman–Crippen LogP) is 1.89. The summed E-state index contributed by atoms with van der Waals surface area (Å²) in [5.74, 6) is 0. The van der Waals surface area contributed by atoms with Crippen molar-refractivity contribution in [3.8, 4) is 6.07 Å². The first kappa shape index (κ1) is 14.8. The molecular weight excluding hydrogens is 230 g/mol. The summed E-state index contributed by atoms with van der Waals surface area (Å²) < 4.78 is 5.38. The number of nitrogens with one attached hydrogen (secondary N) is 1. The van der Waals surface area contributed by atoms with Gasteiger partial charge < -0.3 is 15.0 Å². The average Bonchev–Trinajstić information content (AvgIpc) is 2.25. The molecule has 0 radical (unpaired) electrons. The van der Waals surface area contributed by atoms with E-state index in [-0.39, 0.29) is 17.7 Å². The summed E-state index contributed by atoms with van der Waals surface area (Å²) in [5, 5.41) is 11.3. The maximum atomic E-state index is 11.6. The minimum Gasteiger partial charge on any atom is -0.446 e. The van der Waals surface area contributed by atoms with Crippen molar-refractivity contribution < 1.29 is 9.53 Å². The highest BCUT2D eigenvalue weighted by molar-refractivity contribution is 5.68. The van der Waals surface area contributed by atoms with Crippen molar-refractivity contribution in [2.45, 2.75) is 51.7 Å². The van der Waals surface area contributed by atoms with Gasteiger partial charge in [0.2, 0.25) is 0 Å². The molecule has 0 aromatic heterocycles. The molecule has 0 aromatic carbocycles. The Morgan fingerprint density at radius 2 is 2.06 bits per heavy atom. The summed E-state index contributed by atoms with van der Waals surface area (Å²) in [6.07, 6.45) is 1.94. The van der Waals surface area contributed by atoms with Gasteiger partial charge in [0.15, 0.2) is 0 Å².